The average molecular weight is 317 g/mol. The molecular formula is C14H17F2NO3S. The quantitative estimate of drug-likeness (QED) is 0.758. The molecule has 7 heteroatoms. The van der Waals surface area contributed by atoms with Crippen molar-refractivity contribution in [2.24, 2.45) is 5.92 Å². The van der Waals surface area contributed by atoms with Gasteiger partial charge in [-0.15, -0.1) is 0 Å². The minimum Gasteiger partial charge on any atom is -0.480 e. The van der Waals surface area contributed by atoms with E-state index < -0.39 is 23.7 Å². The highest BCUT2D eigenvalue weighted by molar-refractivity contribution is 7.99. The minimum absolute atomic E-state index is 0.0531. The van der Waals surface area contributed by atoms with Crippen LogP contribution in [0.2, 0.25) is 0 Å². The molecule has 0 fully saturated rings. The number of benzene rings is 1. The highest BCUT2D eigenvalue weighted by Crippen LogP contribution is 2.28. The molecule has 0 aliphatic rings. The van der Waals surface area contributed by atoms with Crippen LogP contribution in [0.4, 0.5) is 8.78 Å². The molecule has 0 bridgehead atoms. The molecule has 0 aromatic heterocycles. The third-order valence-corrected chi connectivity index (χ3v) is 3.90. The molecule has 0 saturated carbocycles. The summed E-state index contributed by atoms with van der Waals surface area (Å²) < 4.78 is 24.9. The number of nitrogens with one attached hydrogen (secondary N) is 1. The topological polar surface area (TPSA) is 66.4 Å². The van der Waals surface area contributed by atoms with Crippen LogP contribution in [-0.4, -0.2) is 28.8 Å². The van der Waals surface area contributed by atoms with Crippen molar-refractivity contribution in [3.05, 3.63) is 29.8 Å². The lowest BCUT2D eigenvalue weighted by Crippen LogP contribution is -2.45. The smallest absolute Gasteiger partial charge is 0.326 e. The summed E-state index contributed by atoms with van der Waals surface area (Å²) in [5.41, 5.74) is 0.0531. The van der Waals surface area contributed by atoms with Gasteiger partial charge in [0.25, 0.3) is 11.7 Å². The summed E-state index contributed by atoms with van der Waals surface area (Å²) in [4.78, 5) is 23.5. The normalized spacial score (nSPS) is 13.8. The van der Waals surface area contributed by atoms with E-state index in [1.54, 1.807) is 19.1 Å². The molecule has 0 radical (unpaired) electrons. The number of rotatable bonds is 7. The van der Waals surface area contributed by atoms with Crippen molar-refractivity contribution in [3.63, 3.8) is 0 Å². The number of hydrogen-bond acceptors (Lipinski definition) is 3. The number of carboxylic acid groups (broad SMARTS) is 1. The summed E-state index contributed by atoms with van der Waals surface area (Å²) in [6, 6.07) is 4.85. The molecule has 0 saturated heterocycles. The van der Waals surface area contributed by atoms with Crippen LogP contribution in [-0.2, 0) is 4.79 Å². The number of alkyl halides is 2. The van der Waals surface area contributed by atoms with Gasteiger partial charge in [-0.3, -0.25) is 4.79 Å². The highest BCUT2D eigenvalue weighted by Gasteiger charge is 2.26. The first-order chi connectivity index (χ1) is 9.86. The molecule has 1 aromatic rings. The van der Waals surface area contributed by atoms with Crippen molar-refractivity contribution in [1.29, 1.82) is 0 Å². The van der Waals surface area contributed by atoms with Gasteiger partial charge in [0, 0.05) is 4.90 Å². The monoisotopic (exact) mass is 317 g/mol. The van der Waals surface area contributed by atoms with Gasteiger partial charge >= 0.3 is 5.97 Å². The first-order valence-electron chi connectivity index (χ1n) is 6.44. The number of amides is 1. The second-order valence-corrected chi connectivity index (χ2v) is 5.58. The van der Waals surface area contributed by atoms with Gasteiger partial charge in [0.1, 0.15) is 6.04 Å². The second kappa shape index (κ2) is 7.97. The summed E-state index contributed by atoms with van der Waals surface area (Å²) in [6.45, 7) is 3.52. The third-order valence-electron chi connectivity index (χ3n) is 3.11. The van der Waals surface area contributed by atoms with E-state index in [-0.39, 0.29) is 28.1 Å². The van der Waals surface area contributed by atoms with Crippen LogP contribution in [0.5, 0.6) is 0 Å². The number of halogens is 2. The Kier molecular flexibility index (Phi) is 6.61. The van der Waals surface area contributed by atoms with Crippen molar-refractivity contribution in [2.45, 2.75) is 37.0 Å². The summed E-state index contributed by atoms with van der Waals surface area (Å²) >= 11 is 0.261. The van der Waals surface area contributed by atoms with Crippen molar-refractivity contribution in [1.82, 2.24) is 5.32 Å². The molecule has 0 aliphatic heterocycles. The van der Waals surface area contributed by atoms with Gasteiger partial charge in [-0.05, 0) is 18.1 Å². The Morgan fingerprint density at radius 3 is 2.48 bits per heavy atom. The molecule has 1 aromatic carbocycles. The number of carbonyl (C=O) groups is 2. The lowest BCUT2D eigenvalue weighted by Gasteiger charge is -2.20. The van der Waals surface area contributed by atoms with Crippen LogP contribution >= 0.6 is 11.8 Å². The Bertz CT molecular complexity index is 511. The van der Waals surface area contributed by atoms with Crippen LogP contribution < -0.4 is 5.32 Å². The Hall–Kier alpha value is -1.63. The summed E-state index contributed by atoms with van der Waals surface area (Å²) in [7, 11) is 0. The van der Waals surface area contributed by atoms with Crippen LogP contribution in [0, 0.1) is 5.92 Å². The van der Waals surface area contributed by atoms with E-state index in [9.17, 15) is 18.4 Å². The Balaban J connectivity index is 2.95. The standard InChI is InChI=1S/C14H17F2NO3S/c1-3-8(2)11(13(19)20)17-12(18)9-6-4-5-7-10(9)21-14(15)16/h4-8,11,14H,3H2,1-2H3,(H,17,18)(H,19,20)/t8-,11-/m0/s1. The SMILES string of the molecule is CC[C@H](C)[C@H](NC(=O)c1ccccc1SC(F)F)C(=O)O. The fourth-order valence-corrected chi connectivity index (χ4v) is 2.39. The molecule has 21 heavy (non-hydrogen) atoms. The maximum Gasteiger partial charge on any atom is 0.326 e. The maximum atomic E-state index is 12.5. The van der Waals surface area contributed by atoms with Gasteiger partial charge in [-0.2, -0.15) is 8.78 Å². The summed E-state index contributed by atoms with van der Waals surface area (Å²) in [5.74, 6) is -4.71. The first-order valence-corrected chi connectivity index (χ1v) is 7.32. The Morgan fingerprint density at radius 1 is 1.33 bits per heavy atom. The number of carbonyl (C=O) groups excluding carboxylic acids is 1. The molecule has 1 rings (SSSR count). The van der Waals surface area contributed by atoms with Gasteiger partial charge in [-0.25, -0.2) is 4.79 Å². The van der Waals surface area contributed by atoms with Crippen molar-refractivity contribution in [2.75, 3.05) is 0 Å². The summed E-state index contributed by atoms with van der Waals surface area (Å²) in [6.07, 6.45) is 0.574. The number of aliphatic carboxylic acids is 1. The lowest BCUT2D eigenvalue weighted by atomic mass is 9.99. The van der Waals surface area contributed by atoms with E-state index in [1.165, 1.54) is 12.1 Å². The molecule has 4 nitrogen and oxygen atoms in total. The van der Waals surface area contributed by atoms with Crippen LogP contribution in [0.25, 0.3) is 0 Å². The molecule has 2 atom stereocenters. The van der Waals surface area contributed by atoms with Gasteiger partial charge in [0.05, 0.1) is 5.56 Å². The van der Waals surface area contributed by atoms with E-state index in [1.807, 2.05) is 6.92 Å². The van der Waals surface area contributed by atoms with E-state index in [4.69, 9.17) is 5.11 Å². The van der Waals surface area contributed by atoms with Crippen molar-refractivity contribution in [3.8, 4) is 0 Å². The molecule has 1 amide bonds. The molecule has 2 N–H and O–H groups in total. The summed E-state index contributed by atoms with van der Waals surface area (Å²) in [5, 5.41) is 11.5. The molecular weight excluding hydrogens is 300 g/mol. The largest absolute Gasteiger partial charge is 0.480 e. The molecule has 116 valence electrons. The second-order valence-electron chi connectivity index (χ2n) is 4.55. The first kappa shape index (κ1) is 17.4. The predicted molar refractivity (Wildman–Crippen MR) is 76.6 cm³/mol. The van der Waals surface area contributed by atoms with Crippen LogP contribution in [0.3, 0.4) is 0 Å². The van der Waals surface area contributed by atoms with Crippen LogP contribution in [0.15, 0.2) is 29.2 Å². The molecule has 0 unspecified atom stereocenters. The predicted octanol–water partition coefficient (Wildman–Crippen LogP) is 3.23. The van der Waals surface area contributed by atoms with Gasteiger partial charge in [0.2, 0.25) is 0 Å². The number of hydrogen-bond donors (Lipinski definition) is 2. The van der Waals surface area contributed by atoms with E-state index in [0.29, 0.717) is 6.42 Å². The Labute approximate surface area is 125 Å². The fraction of sp³-hybridized carbons (Fsp3) is 0.429. The van der Waals surface area contributed by atoms with Crippen LogP contribution in [0.1, 0.15) is 30.6 Å². The zero-order chi connectivity index (χ0) is 16.0. The zero-order valence-electron chi connectivity index (χ0n) is 11.7. The van der Waals surface area contributed by atoms with Gasteiger partial charge < -0.3 is 10.4 Å². The molecule has 0 aliphatic carbocycles. The fourth-order valence-electron chi connectivity index (χ4n) is 1.76. The highest BCUT2D eigenvalue weighted by atomic mass is 32.2. The zero-order valence-corrected chi connectivity index (χ0v) is 12.5. The number of thioether (sulfide) groups is 1. The van der Waals surface area contributed by atoms with Crippen molar-refractivity contribution < 1.29 is 23.5 Å². The van der Waals surface area contributed by atoms with E-state index in [2.05, 4.69) is 5.32 Å². The van der Waals surface area contributed by atoms with Gasteiger partial charge in [-0.1, -0.05) is 44.2 Å². The average Bonchev–Trinajstić information content (AvgIpc) is 2.43. The molecule has 0 spiro atoms. The molecule has 0 heterocycles. The minimum atomic E-state index is -2.65. The maximum absolute atomic E-state index is 12.5. The lowest BCUT2D eigenvalue weighted by molar-refractivity contribution is -0.140. The van der Waals surface area contributed by atoms with E-state index in [0.717, 1.165) is 0 Å². The van der Waals surface area contributed by atoms with Gasteiger partial charge in [0.15, 0.2) is 0 Å². The third kappa shape index (κ3) is 5.00. The van der Waals surface area contributed by atoms with E-state index >= 15 is 0 Å². The van der Waals surface area contributed by atoms with Crippen molar-refractivity contribution >= 4 is 23.6 Å². The Morgan fingerprint density at radius 2 is 1.95 bits per heavy atom. The number of carboxylic acids is 1.